The number of hydrogen-bond acceptors (Lipinski definition) is 7. The molecule has 13 nitrogen and oxygen atoms in total. The quantitative estimate of drug-likeness (QED) is 0.173. The Balaban J connectivity index is 2.05. The van der Waals surface area contributed by atoms with Gasteiger partial charge in [0, 0.05) is 24.7 Å². The van der Waals surface area contributed by atoms with E-state index >= 15 is 0 Å². The second-order valence-electron chi connectivity index (χ2n) is 7.41. The lowest BCUT2D eigenvalue weighted by atomic mass is 10.0. The molecule has 0 aliphatic heterocycles. The number of aromatic amines is 1. The molecule has 1 aromatic heterocycles. The zero-order valence-corrected chi connectivity index (χ0v) is 18.1. The molecular weight excluding hydrogens is 448 g/mol. The molecule has 0 radical (unpaired) electrons. The largest absolute Gasteiger partial charge is 0.481 e. The maximum Gasteiger partial charge on any atom is 0.326 e. The SMILES string of the molecule is NC(CC(=O)O)C(=O)NCC(=O)NC(Cc1ccccc1)C(=O)NC(Cc1cnc[nH]1)C(=O)O. The van der Waals surface area contributed by atoms with Crippen LogP contribution in [0.2, 0.25) is 0 Å². The predicted molar refractivity (Wildman–Crippen MR) is 117 cm³/mol. The summed E-state index contributed by atoms with van der Waals surface area (Å²) in [5.74, 6) is -4.86. The smallest absolute Gasteiger partial charge is 0.326 e. The number of H-pyrrole nitrogens is 1. The van der Waals surface area contributed by atoms with E-state index in [1.54, 1.807) is 30.3 Å². The van der Waals surface area contributed by atoms with Crippen LogP contribution in [0.1, 0.15) is 17.7 Å². The third kappa shape index (κ3) is 8.70. The summed E-state index contributed by atoms with van der Waals surface area (Å²) in [7, 11) is 0. The molecule has 182 valence electrons. The fourth-order valence-corrected chi connectivity index (χ4v) is 2.97. The predicted octanol–water partition coefficient (Wildman–Crippen LogP) is -1.83. The van der Waals surface area contributed by atoms with Gasteiger partial charge in [0.15, 0.2) is 0 Å². The number of aromatic nitrogens is 2. The van der Waals surface area contributed by atoms with E-state index in [-0.39, 0.29) is 12.8 Å². The molecule has 0 fully saturated rings. The van der Waals surface area contributed by atoms with Crippen molar-refractivity contribution in [2.75, 3.05) is 6.54 Å². The van der Waals surface area contributed by atoms with Crippen molar-refractivity contribution in [3.05, 3.63) is 54.1 Å². The average Bonchev–Trinajstić information content (AvgIpc) is 3.29. The number of carboxylic acids is 2. The Bertz CT molecular complexity index is 996. The molecule has 2 aromatic rings. The number of amides is 3. The minimum absolute atomic E-state index is 0.0510. The Hall–Kier alpha value is -4.26. The molecule has 0 bridgehead atoms. The second kappa shape index (κ2) is 12.7. The van der Waals surface area contributed by atoms with Gasteiger partial charge in [-0.25, -0.2) is 9.78 Å². The molecule has 3 unspecified atom stereocenters. The van der Waals surface area contributed by atoms with Crippen molar-refractivity contribution in [3.63, 3.8) is 0 Å². The van der Waals surface area contributed by atoms with E-state index in [2.05, 4.69) is 25.9 Å². The van der Waals surface area contributed by atoms with Crippen LogP contribution >= 0.6 is 0 Å². The molecule has 0 saturated carbocycles. The van der Waals surface area contributed by atoms with E-state index in [0.29, 0.717) is 11.3 Å². The minimum atomic E-state index is -1.34. The number of carbonyl (C=O) groups is 5. The third-order valence-corrected chi connectivity index (χ3v) is 4.68. The summed E-state index contributed by atoms with van der Waals surface area (Å²) >= 11 is 0. The third-order valence-electron chi connectivity index (χ3n) is 4.68. The van der Waals surface area contributed by atoms with Gasteiger partial charge < -0.3 is 36.9 Å². The lowest BCUT2D eigenvalue weighted by molar-refractivity contribution is -0.142. The molecular formula is C21H26N6O7. The normalized spacial score (nSPS) is 13.2. The molecule has 2 rings (SSSR count). The molecule has 0 saturated heterocycles. The summed E-state index contributed by atoms with van der Waals surface area (Å²) in [6.07, 6.45) is 2.21. The number of hydrogen-bond donors (Lipinski definition) is 7. The van der Waals surface area contributed by atoms with E-state index in [9.17, 15) is 29.1 Å². The van der Waals surface area contributed by atoms with Crippen LogP contribution in [0.3, 0.4) is 0 Å². The molecule has 0 aliphatic rings. The lowest BCUT2D eigenvalue weighted by Crippen LogP contribution is -2.55. The highest BCUT2D eigenvalue weighted by Gasteiger charge is 2.27. The zero-order valence-electron chi connectivity index (χ0n) is 18.1. The topological polar surface area (TPSA) is 217 Å². The van der Waals surface area contributed by atoms with Crippen LogP contribution in [0, 0.1) is 0 Å². The Morgan fingerprint density at radius 3 is 2.26 bits per heavy atom. The molecule has 8 N–H and O–H groups in total. The van der Waals surface area contributed by atoms with Gasteiger partial charge in [-0.1, -0.05) is 30.3 Å². The standard InChI is InChI=1S/C21H26N6O7/c22-14(8-18(29)30)19(31)24-10-17(28)26-15(6-12-4-2-1-3-5-12)20(32)27-16(21(33)34)7-13-9-23-11-25-13/h1-5,9,11,14-16H,6-8,10,22H2,(H,23,25)(H,24,31)(H,26,28)(H,27,32)(H,29,30)(H,33,34). The van der Waals surface area contributed by atoms with Crippen LogP contribution in [-0.4, -0.2) is 74.5 Å². The van der Waals surface area contributed by atoms with Gasteiger partial charge in [-0.05, 0) is 5.56 Å². The van der Waals surface area contributed by atoms with Crippen LogP contribution in [0.25, 0.3) is 0 Å². The molecule has 0 spiro atoms. The van der Waals surface area contributed by atoms with Gasteiger partial charge in [0.25, 0.3) is 0 Å². The van der Waals surface area contributed by atoms with Crippen molar-refractivity contribution in [2.45, 2.75) is 37.4 Å². The van der Waals surface area contributed by atoms with Crippen molar-refractivity contribution >= 4 is 29.7 Å². The lowest BCUT2D eigenvalue weighted by Gasteiger charge is -2.22. The van der Waals surface area contributed by atoms with Gasteiger partial charge in [0.2, 0.25) is 17.7 Å². The Kier molecular flexibility index (Phi) is 9.71. The highest BCUT2D eigenvalue weighted by Crippen LogP contribution is 2.05. The highest BCUT2D eigenvalue weighted by atomic mass is 16.4. The summed E-state index contributed by atoms with van der Waals surface area (Å²) in [6, 6.07) is 4.96. The first-order chi connectivity index (χ1) is 16.2. The number of imidazole rings is 1. The van der Waals surface area contributed by atoms with Crippen molar-refractivity contribution in [1.29, 1.82) is 0 Å². The number of rotatable bonds is 13. The molecule has 13 heteroatoms. The number of nitrogens with one attached hydrogen (secondary N) is 4. The second-order valence-corrected chi connectivity index (χ2v) is 7.41. The first-order valence-electron chi connectivity index (χ1n) is 10.2. The Morgan fingerprint density at radius 1 is 0.971 bits per heavy atom. The zero-order chi connectivity index (χ0) is 25.1. The maximum absolute atomic E-state index is 12.9. The number of carboxylic acid groups (broad SMARTS) is 2. The summed E-state index contributed by atoms with van der Waals surface area (Å²) in [5.41, 5.74) is 6.64. The van der Waals surface area contributed by atoms with Crippen LogP contribution < -0.4 is 21.7 Å². The van der Waals surface area contributed by atoms with Crippen LogP contribution in [0.15, 0.2) is 42.9 Å². The van der Waals surface area contributed by atoms with Gasteiger partial charge >= 0.3 is 11.9 Å². The van der Waals surface area contributed by atoms with Crippen molar-refractivity contribution in [3.8, 4) is 0 Å². The fraction of sp³-hybridized carbons (Fsp3) is 0.333. The van der Waals surface area contributed by atoms with Gasteiger partial charge in [0.05, 0.1) is 25.3 Å². The maximum atomic E-state index is 12.9. The van der Waals surface area contributed by atoms with Crippen LogP contribution in [-0.2, 0) is 36.8 Å². The fourth-order valence-electron chi connectivity index (χ4n) is 2.97. The van der Waals surface area contributed by atoms with Gasteiger partial charge in [-0.15, -0.1) is 0 Å². The number of aliphatic carboxylic acids is 2. The van der Waals surface area contributed by atoms with Crippen molar-refractivity contribution in [1.82, 2.24) is 25.9 Å². The van der Waals surface area contributed by atoms with Crippen molar-refractivity contribution < 1.29 is 34.2 Å². The molecule has 0 aliphatic carbocycles. The molecule has 34 heavy (non-hydrogen) atoms. The minimum Gasteiger partial charge on any atom is -0.481 e. The van der Waals surface area contributed by atoms with E-state index in [1.165, 1.54) is 12.5 Å². The Morgan fingerprint density at radius 2 is 1.68 bits per heavy atom. The number of carbonyl (C=O) groups excluding carboxylic acids is 3. The molecule has 3 atom stereocenters. The first-order valence-corrected chi connectivity index (χ1v) is 10.2. The molecule has 3 amide bonds. The van der Waals surface area contributed by atoms with Crippen molar-refractivity contribution in [2.24, 2.45) is 5.73 Å². The average molecular weight is 474 g/mol. The van der Waals surface area contributed by atoms with E-state index in [4.69, 9.17) is 10.8 Å². The van der Waals surface area contributed by atoms with E-state index < -0.39 is 60.8 Å². The van der Waals surface area contributed by atoms with E-state index in [0.717, 1.165) is 0 Å². The highest BCUT2D eigenvalue weighted by molar-refractivity contribution is 5.93. The summed E-state index contributed by atoms with van der Waals surface area (Å²) < 4.78 is 0. The summed E-state index contributed by atoms with van der Waals surface area (Å²) in [4.78, 5) is 66.0. The van der Waals surface area contributed by atoms with Crippen LogP contribution in [0.4, 0.5) is 0 Å². The summed E-state index contributed by atoms with van der Waals surface area (Å²) in [6.45, 7) is -0.554. The number of benzene rings is 1. The van der Waals surface area contributed by atoms with Gasteiger partial charge in [-0.3, -0.25) is 19.2 Å². The number of nitrogens with two attached hydrogens (primary N) is 1. The Labute approximate surface area is 194 Å². The summed E-state index contributed by atoms with van der Waals surface area (Å²) in [5, 5.41) is 25.3. The van der Waals surface area contributed by atoms with Gasteiger partial charge in [0.1, 0.15) is 12.1 Å². The molecule has 1 heterocycles. The van der Waals surface area contributed by atoms with Crippen LogP contribution in [0.5, 0.6) is 0 Å². The first kappa shape index (κ1) is 26.0. The van der Waals surface area contributed by atoms with E-state index in [1.807, 2.05) is 0 Å². The van der Waals surface area contributed by atoms with Gasteiger partial charge in [-0.2, -0.15) is 0 Å². The molecule has 1 aromatic carbocycles. The number of nitrogens with zero attached hydrogens (tertiary/aromatic N) is 1. The monoisotopic (exact) mass is 474 g/mol.